The molecule has 4 heteroatoms. The summed E-state index contributed by atoms with van der Waals surface area (Å²) in [5, 5.41) is 0. The average molecular weight is 235 g/mol. The summed E-state index contributed by atoms with van der Waals surface area (Å²) in [6.07, 6.45) is 2.98. The Morgan fingerprint density at radius 3 is 3.24 bits per heavy atom. The van der Waals surface area contributed by atoms with E-state index in [1.807, 2.05) is 6.20 Å². The molecule has 1 aliphatic rings. The van der Waals surface area contributed by atoms with Crippen molar-refractivity contribution in [3.05, 3.63) is 29.6 Å². The number of hydrogen-bond acceptors (Lipinski definition) is 4. The molecule has 1 atom stereocenters. The predicted octanol–water partition coefficient (Wildman–Crippen LogP) is 1.15. The molecule has 1 fully saturated rings. The third-order valence-electron chi connectivity index (χ3n) is 3.30. The Hall–Kier alpha value is -0.970. The Bertz CT molecular complexity index is 356. The fourth-order valence-corrected chi connectivity index (χ4v) is 2.25. The molecule has 17 heavy (non-hydrogen) atoms. The van der Waals surface area contributed by atoms with E-state index in [0.29, 0.717) is 12.6 Å². The van der Waals surface area contributed by atoms with E-state index in [9.17, 15) is 0 Å². The van der Waals surface area contributed by atoms with Crippen LogP contribution in [0.2, 0.25) is 0 Å². The molecule has 1 unspecified atom stereocenters. The molecule has 0 saturated carbocycles. The van der Waals surface area contributed by atoms with Crippen molar-refractivity contribution in [1.29, 1.82) is 0 Å². The highest BCUT2D eigenvalue weighted by Crippen LogP contribution is 2.14. The average Bonchev–Trinajstić information content (AvgIpc) is 2.39. The van der Waals surface area contributed by atoms with Gasteiger partial charge in [-0.2, -0.15) is 0 Å². The van der Waals surface area contributed by atoms with Gasteiger partial charge in [-0.1, -0.05) is 6.92 Å². The van der Waals surface area contributed by atoms with Crippen LogP contribution >= 0.6 is 0 Å². The van der Waals surface area contributed by atoms with Crippen molar-refractivity contribution >= 4 is 0 Å². The van der Waals surface area contributed by atoms with E-state index in [1.165, 1.54) is 5.56 Å². The molecule has 0 amide bonds. The van der Waals surface area contributed by atoms with Crippen LogP contribution in [0.5, 0.6) is 0 Å². The minimum atomic E-state index is 0.508. The maximum atomic E-state index is 5.61. The Balaban J connectivity index is 2.02. The second-order valence-corrected chi connectivity index (χ2v) is 4.47. The van der Waals surface area contributed by atoms with Crippen molar-refractivity contribution < 1.29 is 4.74 Å². The van der Waals surface area contributed by atoms with Crippen molar-refractivity contribution in [2.75, 3.05) is 19.8 Å². The molecule has 1 saturated heterocycles. The van der Waals surface area contributed by atoms with E-state index in [0.717, 1.165) is 38.4 Å². The Morgan fingerprint density at radius 2 is 2.47 bits per heavy atom. The second-order valence-electron chi connectivity index (χ2n) is 4.47. The summed E-state index contributed by atoms with van der Waals surface area (Å²) in [7, 11) is 0. The fraction of sp³-hybridized carbons (Fsp3) is 0.615. The van der Waals surface area contributed by atoms with E-state index < -0.39 is 0 Å². The standard InChI is InChI=1S/C13H21N3O/c1-2-13-10-17-6-5-16(13)9-11-3-4-15-12(7-11)8-14/h3-4,7,13H,2,5-6,8-10,14H2,1H3. The highest BCUT2D eigenvalue weighted by molar-refractivity contribution is 5.16. The van der Waals surface area contributed by atoms with Crippen LogP contribution < -0.4 is 5.73 Å². The van der Waals surface area contributed by atoms with Gasteiger partial charge < -0.3 is 10.5 Å². The minimum Gasteiger partial charge on any atom is -0.378 e. The van der Waals surface area contributed by atoms with E-state index >= 15 is 0 Å². The van der Waals surface area contributed by atoms with Gasteiger partial charge in [0.2, 0.25) is 0 Å². The van der Waals surface area contributed by atoms with Crippen molar-refractivity contribution in [2.24, 2.45) is 5.73 Å². The normalized spacial score (nSPS) is 21.6. The second kappa shape index (κ2) is 6.10. The largest absolute Gasteiger partial charge is 0.378 e. The summed E-state index contributed by atoms with van der Waals surface area (Å²) in [4.78, 5) is 6.71. The first-order valence-corrected chi connectivity index (χ1v) is 6.29. The number of pyridine rings is 1. The van der Waals surface area contributed by atoms with Crippen LogP contribution in [0.4, 0.5) is 0 Å². The van der Waals surface area contributed by atoms with Gasteiger partial charge in [0.15, 0.2) is 0 Å². The van der Waals surface area contributed by atoms with Crippen LogP contribution in [0, 0.1) is 0 Å². The van der Waals surface area contributed by atoms with Crippen LogP contribution in [0.25, 0.3) is 0 Å². The molecule has 94 valence electrons. The highest BCUT2D eigenvalue weighted by Gasteiger charge is 2.21. The molecule has 0 radical (unpaired) electrons. The Morgan fingerprint density at radius 1 is 1.59 bits per heavy atom. The van der Waals surface area contributed by atoms with E-state index in [2.05, 4.69) is 28.9 Å². The van der Waals surface area contributed by atoms with E-state index in [4.69, 9.17) is 10.5 Å². The third-order valence-corrected chi connectivity index (χ3v) is 3.30. The van der Waals surface area contributed by atoms with Gasteiger partial charge in [-0.3, -0.25) is 9.88 Å². The van der Waals surface area contributed by atoms with Gasteiger partial charge >= 0.3 is 0 Å². The molecule has 2 N–H and O–H groups in total. The predicted molar refractivity (Wildman–Crippen MR) is 67.4 cm³/mol. The highest BCUT2D eigenvalue weighted by atomic mass is 16.5. The van der Waals surface area contributed by atoms with E-state index in [-0.39, 0.29) is 0 Å². The number of morpholine rings is 1. The maximum Gasteiger partial charge on any atom is 0.0622 e. The molecule has 0 spiro atoms. The van der Waals surface area contributed by atoms with Crippen molar-refractivity contribution in [2.45, 2.75) is 32.5 Å². The van der Waals surface area contributed by atoms with Crippen LogP contribution in [-0.2, 0) is 17.8 Å². The summed E-state index contributed by atoms with van der Waals surface area (Å²) < 4.78 is 5.51. The summed E-state index contributed by atoms with van der Waals surface area (Å²) in [6, 6.07) is 4.71. The lowest BCUT2D eigenvalue weighted by Gasteiger charge is -2.35. The number of nitrogens with two attached hydrogens (primary N) is 1. The smallest absolute Gasteiger partial charge is 0.0622 e. The molecule has 0 aliphatic carbocycles. The topological polar surface area (TPSA) is 51.4 Å². The number of hydrogen-bond donors (Lipinski definition) is 1. The third kappa shape index (κ3) is 3.25. The lowest BCUT2D eigenvalue weighted by Crippen LogP contribution is -2.44. The zero-order valence-corrected chi connectivity index (χ0v) is 10.4. The fourth-order valence-electron chi connectivity index (χ4n) is 2.25. The zero-order valence-electron chi connectivity index (χ0n) is 10.4. The van der Waals surface area contributed by atoms with Crippen molar-refractivity contribution in [3.8, 4) is 0 Å². The van der Waals surface area contributed by atoms with Gasteiger partial charge in [0.25, 0.3) is 0 Å². The van der Waals surface area contributed by atoms with Gasteiger partial charge in [-0.05, 0) is 24.1 Å². The maximum absolute atomic E-state index is 5.61. The Kier molecular flexibility index (Phi) is 4.48. The first-order chi connectivity index (χ1) is 8.33. The quantitative estimate of drug-likeness (QED) is 0.850. The van der Waals surface area contributed by atoms with Crippen LogP contribution in [-0.4, -0.2) is 35.7 Å². The molecular weight excluding hydrogens is 214 g/mol. The minimum absolute atomic E-state index is 0.508. The monoisotopic (exact) mass is 235 g/mol. The number of nitrogens with zero attached hydrogens (tertiary/aromatic N) is 2. The lowest BCUT2D eigenvalue weighted by atomic mass is 10.1. The molecule has 4 nitrogen and oxygen atoms in total. The van der Waals surface area contributed by atoms with E-state index in [1.54, 1.807) is 0 Å². The molecule has 1 aliphatic heterocycles. The molecule has 0 aromatic carbocycles. The summed E-state index contributed by atoms with van der Waals surface area (Å²) in [5.74, 6) is 0. The van der Waals surface area contributed by atoms with Crippen LogP contribution in [0.1, 0.15) is 24.6 Å². The van der Waals surface area contributed by atoms with Gasteiger partial charge in [-0.15, -0.1) is 0 Å². The van der Waals surface area contributed by atoms with Gasteiger partial charge in [-0.25, -0.2) is 0 Å². The molecule has 1 aromatic heterocycles. The van der Waals surface area contributed by atoms with Crippen LogP contribution in [0.15, 0.2) is 18.3 Å². The van der Waals surface area contributed by atoms with Crippen LogP contribution in [0.3, 0.4) is 0 Å². The van der Waals surface area contributed by atoms with Gasteiger partial charge in [0.1, 0.15) is 0 Å². The first kappa shape index (κ1) is 12.5. The van der Waals surface area contributed by atoms with Crippen molar-refractivity contribution in [3.63, 3.8) is 0 Å². The number of aromatic nitrogens is 1. The molecule has 1 aromatic rings. The summed E-state index contributed by atoms with van der Waals surface area (Å²) in [6.45, 7) is 6.39. The molecule has 2 heterocycles. The van der Waals surface area contributed by atoms with Gasteiger partial charge in [0.05, 0.1) is 18.9 Å². The van der Waals surface area contributed by atoms with Gasteiger partial charge in [0, 0.05) is 31.9 Å². The Labute approximate surface area is 103 Å². The first-order valence-electron chi connectivity index (χ1n) is 6.29. The summed E-state index contributed by atoms with van der Waals surface area (Å²) in [5.41, 5.74) is 7.86. The molecule has 0 bridgehead atoms. The number of rotatable bonds is 4. The molecule has 2 rings (SSSR count). The zero-order chi connectivity index (χ0) is 12.1. The number of ether oxygens (including phenoxy) is 1. The van der Waals surface area contributed by atoms with Crippen molar-refractivity contribution in [1.82, 2.24) is 9.88 Å². The summed E-state index contributed by atoms with van der Waals surface area (Å²) >= 11 is 0. The SMILES string of the molecule is CCC1COCCN1Cc1ccnc(CN)c1. The lowest BCUT2D eigenvalue weighted by molar-refractivity contribution is -0.0127. The molecular formula is C13H21N3O.